The van der Waals surface area contributed by atoms with Crippen LogP contribution in [0.5, 0.6) is 0 Å². The second-order valence-electron chi connectivity index (χ2n) is 3.16. The lowest BCUT2D eigenvalue weighted by molar-refractivity contribution is 0.321. The minimum atomic E-state index is 0.854. The average molecular weight is 236 g/mol. The van der Waals surface area contributed by atoms with Crippen molar-refractivity contribution in [1.29, 1.82) is 0 Å². The van der Waals surface area contributed by atoms with Crippen molar-refractivity contribution < 1.29 is 0 Å². The molecule has 0 amide bonds. The van der Waals surface area contributed by atoms with Crippen molar-refractivity contribution in [3.05, 3.63) is 30.3 Å². The van der Waals surface area contributed by atoms with Gasteiger partial charge in [-0.3, -0.25) is 0 Å². The summed E-state index contributed by atoms with van der Waals surface area (Å²) in [7, 11) is 0. The molecule has 0 aliphatic rings. The molecule has 0 aromatic heterocycles. The van der Waals surface area contributed by atoms with Gasteiger partial charge in [-0.2, -0.15) is 4.99 Å². The van der Waals surface area contributed by atoms with Crippen LogP contribution in [0.3, 0.4) is 0 Å². The maximum absolute atomic E-state index is 4.42. The molecule has 0 N–H and O–H groups in total. The molecule has 88 valence electrons. The number of hydrogen-bond acceptors (Lipinski definition) is 3. The summed E-state index contributed by atoms with van der Waals surface area (Å²) in [4.78, 5) is 6.15. The fraction of sp³-hybridized carbons (Fsp3) is 0.462. The van der Waals surface area contributed by atoms with Crippen molar-refractivity contribution in [2.45, 2.75) is 20.8 Å². The van der Waals surface area contributed by atoms with E-state index in [9.17, 15) is 0 Å². The van der Waals surface area contributed by atoms with E-state index >= 15 is 0 Å². The van der Waals surface area contributed by atoms with Crippen LogP contribution in [0, 0.1) is 0 Å². The van der Waals surface area contributed by atoms with Crippen molar-refractivity contribution in [3.8, 4) is 0 Å². The van der Waals surface area contributed by atoms with Crippen molar-refractivity contribution in [2.75, 3.05) is 19.6 Å². The molecule has 1 rings (SSSR count). The van der Waals surface area contributed by atoms with Gasteiger partial charge in [-0.15, -0.1) is 0 Å². The van der Waals surface area contributed by atoms with Crippen molar-refractivity contribution >= 4 is 23.1 Å². The van der Waals surface area contributed by atoms with E-state index in [1.807, 2.05) is 30.3 Å². The molecule has 2 nitrogen and oxygen atoms in total. The van der Waals surface area contributed by atoms with Gasteiger partial charge < -0.3 is 4.90 Å². The molecule has 1 aromatic rings. The minimum Gasteiger partial charge on any atom is -0.304 e. The second-order valence-corrected chi connectivity index (χ2v) is 3.34. The van der Waals surface area contributed by atoms with Gasteiger partial charge in [0.05, 0.1) is 10.8 Å². The number of hydrogen-bond donors (Lipinski definition) is 0. The summed E-state index contributed by atoms with van der Waals surface area (Å²) < 4.78 is 0. The molecule has 0 bridgehead atoms. The molecule has 0 saturated carbocycles. The molecular formula is C13H20N2S. The van der Waals surface area contributed by atoms with Gasteiger partial charge in [0.25, 0.3) is 0 Å². The molecule has 0 spiro atoms. The number of thiocarbonyl (C=S) groups is 1. The zero-order valence-corrected chi connectivity index (χ0v) is 11.1. The lowest BCUT2D eigenvalue weighted by atomic mass is 10.3. The SMILES string of the molecule is CCN(CC)CC.S=C=Nc1ccccc1. The highest BCUT2D eigenvalue weighted by molar-refractivity contribution is 7.78. The summed E-state index contributed by atoms with van der Waals surface area (Å²) in [5.74, 6) is 0. The lowest BCUT2D eigenvalue weighted by Gasteiger charge is -2.13. The molecule has 0 radical (unpaired) electrons. The van der Waals surface area contributed by atoms with Crippen LogP contribution in [-0.4, -0.2) is 29.7 Å². The zero-order chi connectivity index (χ0) is 12.2. The smallest absolute Gasteiger partial charge is 0.0739 e. The van der Waals surface area contributed by atoms with E-state index in [1.165, 1.54) is 19.6 Å². The van der Waals surface area contributed by atoms with Gasteiger partial charge in [0, 0.05) is 0 Å². The Balaban J connectivity index is 0.000000293. The van der Waals surface area contributed by atoms with Crippen LogP contribution in [-0.2, 0) is 0 Å². The minimum absolute atomic E-state index is 0.854. The van der Waals surface area contributed by atoms with Gasteiger partial charge >= 0.3 is 0 Å². The highest BCUT2D eigenvalue weighted by atomic mass is 32.1. The maximum Gasteiger partial charge on any atom is 0.0739 e. The molecule has 0 atom stereocenters. The third kappa shape index (κ3) is 7.30. The molecule has 0 aliphatic carbocycles. The van der Waals surface area contributed by atoms with Gasteiger partial charge in [-0.05, 0) is 44.0 Å². The van der Waals surface area contributed by atoms with Gasteiger partial charge in [0.2, 0.25) is 0 Å². The number of isothiocyanates is 1. The highest BCUT2D eigenvalue weighted by Gasteiger charge is 1.89. The molecule has 3 heteroatoms. The van der Waals surface area contributed by atoms with Crippen LogP contribution >= 0.6 is 12.2 Å². The quantitative estimate of drug-likeness (QED) is 0.584. The Hall–Kier alpha value is -1.02. The Kier molecular flexibility index (Phi) is 9.83. The number of nitrogens with zero attached hydrogens (tertiary/aromatic N) is 2. The number of rotatable bonds is 4. The van der Waals surface area contributed by atoms with E-state index in [1.54, 1.807) is 0 Å². The average Bonchev–Trinajstić information content (AvgIpc) is 2.34. The summed E-state index contributed by atoms with van der Waals surface area (Å²) in [6.45, 7) is 10.1. The molecule has 0 saturated heterocycles. The van der Waals surface area contributed by atoms with Crippen LogP contribution in [0.2, 0.25) is 0 Å². The van der Waals surface area contributed by atoms with Gasteiger partial charge in [0.1, 0.15) is 0 Å². The topological polar surface area (TPSA) is 15.6 Å². The van der Waals surface area contributed by atoms with E-state index < -0.39 is 0 Å². The number of aliphatic imine (C=N–C) groups is 1. The lowest BCUT2D eigenvalue weighted by Crippen LogP contribution is -2.21. The summed E-state index contributed by atoms with van der Waals surface area (Å²) in [6, 6.07) is 9.50. The number of para-hydroxylation sites is 1. The first-order chi connectivity index (χ1) is 7.78. The molecule has 0 heterocycles. The summed E-state index contributed by atoms with van der Waals surface area (Å²) in [5.41, 5.74) is 0.854. The third-order valence-electron chi connectivity index (χ3n) is 2.27. The van der Waals surface area contributed by atoms with E-state index in [-0.39, 0.29) is 0 Å². The van der Waals surface area contributed by atoms with Gasteiger partial charge in [-0.25, -0.2) is 0 Å². The summed E-state index contributed by atoms with van der Waals surface area (Å²) in [5, 5.41) is 2.29. The Labute approximate surface area is 104 Å². The predicted octanol–water partition coefficient (Wildman–Crippen LogP) is 3.77. The summed E-state index contributed by atoms with van der Waals surface area (Å²) in [6.07, 6.45) is 0. The van der Waals surface area contributed by atoms with Gasteiger partial charge in [0.15, 0.2) is 0 Å². The summed E-state index contributed by atoms with van der Waals surface area (Å²) >= 11 is 4.42. The van der Waals surface area contributed by atoms with Crippen LogP contribution in [0.15, 0.2) is 35.3 Å². The van der Waals surface area contributed by atoms with E-state index in [4.69, 9.17) is 0 Å². The first-order valence-electron chi connectivity index (χ1n) is 5.63. The van der Waals surface area contributed by atoms with Crippen molar-refractivity contribution in [3.63, 3.8) is 0 Å². The van der Waals surface area contributed by atoms with E-state index in [0.29, 0.717) is 0 Å². The molecule has 0 aliphatic heterocycles. The van der Waals surface area contributed by atoms with Crippen molar-refractivity contribution in [2.24, 2.45) is 4.99 Å². The highest BCUT2D eigenvalue weighted by Crippen LogP contribution is 2.07. The standard InChI is InChI=1S/C7H5NS.C6H15N/c9-6-8-7-4-2-1-3-5-7;1-4-7(5-2)6-3/h1-5H;4-6H2,1-3H3. The normalized spacial score (nSPS) is 9.00. The Morgan fingerprint density at radius 2 is 1.56 bits per heavy atom. The van der Waals surface area contributed by atoms with Crippen LogP contribution in [0.25, 0.3) is 0 Å². The number of benzene rings is 1. The van der Waals surface area contributed by atoms with E-state index in [2.05, 4.69) is 48.0 Å². The Bertz CT molecular complexity index is 295. The Morgan fingerprint density at radius 1 is 1.06 bits per heavy atom. The molecule has 0 fully saturated rings. The zero-order valence-electron chi connectivity index (χ0n) is 10.3. The van der Waals surface area contributed by atoms with Crippen LogP contribution < -0.4 is 0 Å². The molecule has 16 heavy (non-hydrogen) atoms. The van der Waals surface area contributed by atoms with E-state index in [0.717, 1.165) is 5.69 Å². The second kappa shape index (κ2) is 10.5. The van der Waals surface area contributed by atoms with Crippen LogP contribution in [0.1, 0.15) is 20.8 Å². The molecule has 1 aromatic carbocycles. The van der Waals surface area contributed by atoms with Crippen molar-refractivity contribution in [1.82, 2.24) is 4.90 Å². The predicted molar refractivity (Wildman–Crippen MR) is 74.6 cm³/mol. The third-order valence-corrected chi connectivity index (χ3v) is 2.36. The molecular weight excluding hydrogens is 216 g/mol. The first kappa shape index (κ1) is 15.0. The maximum atomic E-state index is 4.42. The monoisotopic (exact) mass is 236 g/mol. The molecule has 0 unspecified atom stereocenters. The first-order valence-corrected chi connectivity index (χ1v) is 6.04. The van der Waals surface area contributed by atoms with Gasteiger partial charge in [-0.1, -0.05) is 39.0 Å². The Morgan fingerprint density at radius 3 is 1.88 bits per heavy atom. The fourth-order valence-corrected chi connectivity index (χ4v) is 1.33. The fourth-order valence-electron chi connectivity index (χ4n) is 1.23. The largest absolute Gasteiger partial charge is 0.304 e. The van der Waals surface area contributed by atoms with Crippen LogP contribution in [0.4, 0.5) is 5.69 Å².